The molecule has 2 aromatic rings. The molecular weight excluding hydrogens is 316 g/mol. The predicted octanol–water partition coefficient (Wildman–Crippen LogP) is 4.31. The Labute approximate surface area is 119 Å². The van der Waals surface area contributed by atoms with Crippen molar-refractivity contribution < 1.29 is 4.74 Å². The summed E-state index contributed by atoms with van der Waals surface area (Å²) in [6, 6.07) is 9.03. The molecule has 5 heteroatoms. The first-order chi connectivity index (χ1) is 8.56. The summed E-state index contributed by atoms with van der Waals surface area (Å²) in [6.45, 7) is 1.91. The molecule has 0 radical (unpaired) electrons. The first-order valence-electron chi connectivity index (χ1n) is 5.40. The molecule has 0 fully saturated rings. The van der Waals surface area contributed by atoms with E-state index in [0.29, 0.717) is 16.7 Å². The van der Waals surface area contributed by atoms with Gasteiger partial charge < -0.3 is 10.5 Å². The minimum absolute atomic E-state index is 0.0407. The van der Waals surface area contributed by atoms with Crippen LogP contribution >= 0.6 is 27.5 Å². The van der Waals surface area contributed by atoms with Gasteiger partial charge in [-0.15, -0.1) is 0 Å². The Morgan fingerprint density at radius 2 is 2.11 bits per heavy atom. The van der Waals surface area contributed by atoms with Crippen molar-refractivity contribution in [3.05, 3.63) is 51.6 Å². The number of pyridine rings is 1. The highest BCUT2D eigenvalue weighted by Gasteiger charge is 2.06. The number of benzene rings is 1. The molecule has 0 aliphatic rings. The highest BCUT2D eigenvalue weighted by molar-refractivity contribution is 9.10. The van der Waals surface area contributed by atoms with Crippen LogP contribution < -0.4 is 10.5 Å². The third-order valence-electron chi connectivity index (χ3n) is 2.39. The Morgan fingerprint density at radius 3 is 2.72 bits per heavy atom. The predicted molar refractivity (Wildman–Crippen MR) is 76.1 cm³/mol. The summed E-state index contributed by atoms with van der Waals surface area (Å²) in [5.74, 6) is 1.05. The van der Waals surface area contributed by atoms with Crippen LogP contribution in [0.15, 0.2) is 41.0 Å². The lowest BCUT2D eigenvalue weighted by molar-refractivity contribution is 0.462. The lowest BCUT2D eigenvalue weighted by Crippen LogP contribution is -2.05. The van der Waals surface area contributed by atoms with Gasteiger partial charge in [0.15, 0.2) is 0 Å². The van der Waals surface area contributed by atoms with Crippen LogP contribution in [0.3, 0.4) is 0 Å². The molecular formula is C13H12BrClN2O. The van der Waals surface area contributed by atoms with Crippen molar-refractivity contribution in [2.24, 2.45) is 5.73 Å². The molecule has 0 amide bonds. The van der Waals surface area contributed by atoms with Crippen molar-refractivity contribution >= 4 is 27.5 Å². The lowest BCUT2D eigenvalue weighted by atomic mass is 10.2. The molecule has 0 saturated carbocycles. The SMILES string of the molecule is CC(N)c1ccc(Oc2cc(Br)ccc2Cl)nc1. The van der Waals surface area contributed by atoms with E-state index in [1.54, 1.807) is 24.4 Å². The highest BCUT2D eigenvalue weighted by atomic mass is 79.9. The Kier molecular flexibility index (Phi) is 4.22. The monoisotopic (exact) mass is 326 g/mol. The third kappa shape index (κ3) is 3.22. The number of nitrogens with zero attached hydrogens (tertiary/aromatic N) is 1. The van der Waals surface area contributed by atoms with Crippen LogP contribution in [0.25, 0.3) is 0 Å². The summed E-state index contributed by atoms with van der Waals surface area (Å²) < 4.78 is 6.51. The van der Waals surface area contributed by atoms with Gasteiger partial charge in [0.1, 0.15) is 5.75 Å². The van der Waals surface area contributed by atoms with E-state index in [9.17, 15) is 0 Å². The Hall–Kier alpha value is -1.10. The van der Waals surface area contributed by atoms with Crippen molar-refractivity contribution in [2.75, 3.05) is 0 Å². The van der Waals surface area contributed by atoms with Crippen LogP contribution in [-0.4, -0.2) is 4.98 Å². The lowest BCUT2D eigenvalue weighted by Gasteiger charge is -2.09. The molecule has 2 rings (SSSR count). The minimum atomic E-state index is -0.0407. The topological polar surface area (TPSA) is 48.1 Å². The van der Waals surface area contributed by atoms with E-state index in [-0.39, 0.29) is 6.04 Å². The van der Waals surface area contributed by atoms with Gasteiger partial charge in [-0.25, -0.2) is 4.98 Å². The van der Waals surface area contributed by atoms with Gasteiger partial charge in [0.2, 0.25) is 5.88 Å². The standard InChI is InChI=1S/C13H12BrClN2O/c1-8(16)9-2-5-13(17-7-9)18-12-6-10(14)3-4-11(12)15/h2-8H,16H2,1H3. The molecule has 1 atom stereocenters. The highest BCUT2D eigenvalue weighted by Crippen LogP contribution is 2.31. The zero-order valence-electron chi connectivity index (χ0n) is 9.73. The number of rotatable bonds is 3. The quantitative estimate of drug-likeness (QED) is 0.914. The largest absolute Gasteiger partial charge is 0.437 e. The van der Waals surface area contributed by atoms with E-state index in [1.807, 2.05) is 19.1 Å². The van der Waals surface area contributed by atoms with Gasteiger partial charge in [-0.1, -0.05) is 33.6 Å². The third-order valence-corrected chi connectivity index (χ3v) is 3.20. The van der Waals surface area contributed by atoms with Crippen LogP contribution in [0.5, 0.6) is 11.6 Å². The zero-order valence-corrected chi connectivity index (χ0v) is 12.1. The maximum Gasteiger partial charge on any atom is 0.219 e. The average Bonchev–Trinajstić information content (AvgIpc) is 2.34. The van der Waals surface area contributed by atoms with Gasteiger partial charge in [-0.3, -0.25) is 0 Å². The normalized spacial score (nSPS) is 12.2. The fourth-order valence-electron chi connectivity index (χ4n) is 1.39. The summed E-state index contributed by atoms with van der Waals surface area (Å²) in [5, 5.41) is 0.538. The molecule has 3 nitrogen and oxygen atoms in total. The molecule has 94 valence electrons. The van der Waals surface area contributed by atoms with Gasteiger partial charge in [-0.05, 0) is 30.7 Å². The molecule has 0 aliphatic heterocycles. The number of halogens is 2. The second kappa shape index (κ2) is 5.69. The first kappa shape index (κ1) is 13.3. The van der Waals surface area contributed by atoms with Crippen LogP contribution in [0, 0.1) is 0 Å². The first-order valence-corrected chi connectivity index (χ1v) is 6.58. The number of hydrogen-bond acceptors (Lipinski definition) is 3. The molecule has 0 spiro atoms. The molecule has 2 N–H and O–H groups in total. The van der Waals surface area contributed by atoms with Crippen LogP contribution in [0.1, 0.15) is 18.5 Å². The number of hydrogen-bond donors (Lipinski definition) is 1. The summed E-state index contributed by atoms with van der Waals surface area (Å²) >= 11 is 9.40. The van der Waals surface area contributed by atoms with Crippen LogP contribution in [-0.2, 0) is 0 Å². The van der Waals surface area contributed by atoms with Gasteiger partial charge in [0, 0.05) is 22.8 Å². The molecule has 1 aromatic heterocycles. The van der Waals surface area contributed by atoms with Crippen LogP contribution in [0.2, 0.25) is 5.02 Å². The van der Waals surface area contributed by atoms with E-state index in [4.69, 9.17) is 22.1 Å². The summed E-state index contributed by atoms with van der Waals surface area (Å²) in [4.78, 5) is 4.19. The minimum Gasteiger partial charge on any atom is -0.437 e. The number of ether oxygens (including phenoxy) is 1. The number of nitrogens with two attached hydrogens (primary N) is 1. The smallest absolute Gasteiger partial charge is 0.219 e. The fraction of sp³-hybridized carbons (Fsp3) is 0.154. The molecule has 0 aliphatic carbocycles. The van der Waals surface area contributed by atoms with Crippen molar-refractivity contribution in [3.63, 3.8) is 0 Å². The molecule has 1 aromatic carbocycles. The van der Waals surface area contributed by atoms with Crippen molar-refractivity contribution in [3.8, 4) is 11.6 Å². The molecule has 1 unspecified atom stereocenters. The number of aromatic nitrogens is 1. The van der Waals surface area contributed by atoms with Crippen molar-refractivity contribution in [2.45, 2.75) is 13.0 Å². The van der Waals surface area contributed by atoms with Crippen molar-refractivity contribution in [1.29, 1.82) is 0 Å². The Morgan fingerprint density at radius 1 is 1.33 bits per heavy atom. The molecule has 1 heterocycles. The fourth-order valence-corrected chi connectivity index (χ4v) is 1.89. The van der Waals surface area contributed by atoms with Crippen molar-refractivity contribution in [1.82, 2.24) is 4.98 Å². The second-order valence-electron chi connectivity index (χ2n) is 3.90. The Bertz CT molecular complexity index is 543. The van der Waals surface area contributed by atoms with Gasteiger partial charge in [0.25, 0.3) is 0 Å². The van der Waals surface area contributed by atoms with Crippen LogP contribution in [0.4, 0.5) is 0 Å². The van der Waals surface area contributed by atoms with E-state index >= 15 is 0 Å². The Balaban J connectivity index is 2.21. The summed E-state index contributed by atoms with van der Waals surface area (Å²) in [7, 11) is 0. The van der Waals surface area contributed by atoms with Gasteiger partial charge in [0.05, 0.1) is 5.02 Å². The molecule has 0 bridgehead atoms. The van der Waals surface area contributed by atoms with E-state index in [2.05, 4.69) is 20.9 Å². The van der Waals surface area contributed by atoms with Gasteiger partial charge in [-0.2, -0.15) is 0 Å². The maximum atomic E-state index is 6.03. The van der Waals surface area contributed by atoms with E-state index in [1.165, 1.54) is 0 Å². The summed E-state index contributed by atoms with van der Waals surface area (Å²) in [5.41, 5.74) is 6.71. The maximum absolute atomic E-state index is 6.03. The molecule has 18 heavy (non-hydrogen) atoms. The van der Waals surface area contributed by atoms with E-state index in [0.717, 1.165) is 10.0 Å². The van der Waals surface area contributed by atoms with E-state index < -0.39 is 0 Å². The van der Waals surface area contributed by atoms with Gasteiger partial charge >= 0.3 is 0 Å². The second-order valence-corrected chi connectivity index (χ2v) is 5.22. The molecule has 0 saturated heterocycles. The zero-order chi connectivity index (χ0) is 13.1. The summed E-state index contributed by atoms with van der Waals surface area (Å²) in [6.07, 6.45) is 1.70. The average molecular weight is 328 g/mol.